The maximum absolute atomic E-state index is 13.0. The largest absolute Gasteiger partial charge is 0.328 e. The highest BCUT2D eigenvalue weighted by Crippen LogP contribution is 2.12. The molecule has 0 aliphatic rings. The van der Waals surface area contributed by atoms with Crippen molar-refractivity contribution in [2.24, 2.45) is 0 Å². The predicted molar refractivity (Wildman–Crippen MR) is 200 cm³/mol. The lowest BCUT2D eigenvalue weighted by molar-refractivity contribution is 0.251. The smallest absolute Gasteiger partial charge is 0.313 e. The van der Waals surface area contributed by atoms with E-state index in [9.17, 15) is 19.2 Å². The number of nitrogens with one attached hydrogen (secondary N) is 3. The standard InChI is InChI=1S/C40H44N6O4/c47-37-34-19-5-7-21-36(34)45(40(50)43-37)25-11-22-41-28-32-17-10-16-30(27-32)13-8-9-23-44(29-31-14-2-1-3-15-31)24-12-26-46-38(48)33-18-4-6-20-35(33)42-39(46)49/h1-7,10,14-21,27,41H,8-9,11-13,22-26,28-29H2,(H,42,49)(H,43,47,50). The Balaban J connectivity index is 0.969. The molecular weight excluding hydrogens is 628 g/mol. The first-order valence-electron chi connectivity index (χ1n) is 17.4. The number of fused-ring (bicyclic) bond motifs is 2. The van der Waals surface area contributed by atoms with E-state index >= 15 is 0 Å². The van der Waals surface area contributed by atoms with E-state index in [-0.39, 0.29) is 22.5 Å². The fourth-order valence-electron chi connectivity index (χ4n) is 6.58. The van der Waals surface area contributed by atoms with Gasteiger partial charge in [-0.3, -0.25) is 28.6 Å². The number of unbranched alkanes of at least 4 members (excludes halogenated alkanes) is 1. The van der Waals surface area contributed by atoms with Crippen LogP contribution in [0.2, 0.25) is 0 Å². The number of H-pyrrole nitrogens is 2. The molecule has 0 bridgehead atoms. The summed E-state index contributed by atoms with van der Waals surface area (Å²) in [5, 5.41) is 4.55. The van der Waals surface area contributed by atoms with E-state index in [0.29, 0.717) is 41.3 Å². The van der Waals surface area contributed by atoms with Gasteiger partial charge in [-0.05, 0) is 86.1 Å². The van der Waals surface area contributed by atoms with Gasteiger partial charge in [0.1, 0.15) is 0 Å². The monoisotopic (exact) mass is 672 g/mol. The van der Waals surface area contributed by atoms with E-state index in [1.807, 2.05) is 30.3 Å². The van der Waals surface area contributed by atoms with Gasteiger partial charge < -0.3 is 10.3 Å². The number of nitrogens with zero attached hydrogens (tertiary/aromatic N) is 3. The van der Waals surface area contributed by atoms with E-state index in [2.05, 4.69) is 68.7 Å². The molecule has 0 unspecified atom stereocenters. The summed E-state index contributed by atoms with van der Waals surface area (Å²) >= 11 is 0. The summed E-state index contributed by atoms with van der Waals surface area (Å²) in [6.07, 6.45) is 4.52. The first kappa shape index (κ1) is 34.5. The number of benzene rings is 4. The molecule has 2 aromatic heterocycles. The fraction of sp³-hybridized carbons (Fsp3) is 0.300. The van der Waals surface area contributed by atoms with Crippen molar-refractivity contribution in [2.45, 2.75) is 58.3 Å². The molecule has 0 spiro atoms. The van der Waals surface area contributed by atoms with Crippen LogP contribution < -0.4 is 27.8 Å². The minimum atomic E-state index is -0.376. The van der Waals surface area contributed by atoms with Crippen molar-refractivity contribution in [1.29, 1.82) is 0 Å². The quantitative estimate of drug-likeness (QED) is 0.120. The Kier molecular flexibility index (Phi) is 11.7. The van der Waals surface area contributed by atoms with Crippen LogP contribution in [0.5, 0.6) is 0 Å². The summed E-state index contributed by atoms with van der Waals surface area (Å²) in [5.41, 5.74) is 3.66. The van der Waals surface area contributed by atoms with Gasteiger partial charge in [-0.25, -0.2) is 9.59 Å². The molecule has 0 aliphatic heterocycles. The van der Waals surface area contributed by atoms with E-state index in [1.54, 1.807) is 28.8 Å². The van der Waals surface area contributed by atoms with Gasteiger partial charge in [-0.1, -0.05) is 78.9 Å². The number of hydrogen-bond acceptors (Lipinski definition) is 6. The first-order chi connectivity index (χ1) is 24.5. The summed E-state index contributed by atoms with van der Waals surface area (Å²) in [4.78, 5) is 57.9. The molecule has 6 aromatic rings. The number of hydrogen-bond donors (Lipinski definition) is 3. The second kappa shape index (κ2) is 16.9. The zero-order valence-electron chi connectivity index (χ0n) is 28.3. The van der Waals surface area contributed by atoms with Crippen LogP contribution in [0.3, 0.4) is 0 Å². The van der Waals surface area contributed by atoms with E-state index < -0.39 is 0 Å². The molecule has 10 heteroatoms. The van der Waals surface area contributed by atoms with Gasteiger partial charge in [0.25, 0.3) is 11.1 Å². The molecule has 4 aromatic carbocycles. The molecule has 0 aliphatic carbocycles. The maximum atomic E-state index is 13.0. The van der Waals surface area contributed by atoms with Crippen LogP contribution in [0.15, 0.2) is 122 Å². The third-order valence-electron chi connectivity index (χ3n) is 9.15. The van der Waals surface area contributed by atoms with Crippen LogP contribution in [0.4, 0.5) is 0 Å². The molecule has 2 heterocycles. The lowest BCUT2D eigenvalue weighted by Gasteiger charge is -2.22. The summed E-state index contributed by atoms with van der Waals surface area (Å²) < 4.78 is 2.95. The highest BCUT2D eigenvalue weighted by molar-refractivity contribution is 5.78. The molecule has 0 amide bonds. The third-order valence-corrected chi connectivity index (χ3v) is 9.15. The number of aromatic nitrogens is 4. The lowest BCUT2D eigenvalue weighted by Crippen LogP contribution is -2.36. The Morgan fingerprint density at radius 3 is 2.14 bits per heavy atom. The zero-order valence-corrected chi connectivity index (χ0v) is 28.3. The Bertz CT molecular complexity index is 2270. The summed E-state index contributed by atoms with van der Waals surface area (Å²) in [5.74, 6) is 0. The van der Waals surface area contributed by atoms with E-state index in [0.717, 1.165) is 58.4 Å². The number of aryl methyl sites for hydroxylation is 2. The molecule has 10 nitrogen and oxygen atoms in total. The molecule has 258 valence electrons. The Morgan fingerprint density at radius 2 is 1.28 bits per heavy atom. The second-order valence-electron chi connectivity index (χ2n) is 12.8. The van der Waals surface area contributed by atoms with Crippen LogP contribution in [0.1, 0.15) is 42.4 Å². The highest BCUT2D eigenvalue weighted by atomic mass is 16.2. The molecular formula is C40H44N6O4. The number of rotatable bonds is 17. The normalized spacial score (nSPS) is 11.5. The maximum Gasteiger partial charge on any atom is 0.328 e. The SMILES string of the molecule is O=c1[nH]c(=O)n(CCCNCc2cccc(CCCCN(CCCn3c(=O)[nH]c4ccccc4c3=O)Cc3ccccc3)c2)c2ccccc12. The van der Waals surface area contributed by atoms with Gasteiger partial charge in [0.15, 0.2) is 0 Å². The molecule has 6 rings (SSSR count). The van der Waals surface area contributed by atoms with Crippen molar-refractivity contribution in [1.82, 2.24) is 29.3 Å². The van der Waals surface area contributed by atoms with Crippen molar-refractivity contribution < 1.29 is 0 Å². The van der Waals surface area contributed by atoms with Gasteiger partial charge in [-0.15, -0.1) is 0 Å². The Hall–Kier alpha value is -5.32. The van der Waals surface area contributed by atoms with Crippen molar-refractivity contribution >= 4 is 21.8 Å². The minimum Gasteiger partial charge on any atom is -0.313 e. The van der Waals surface area contributed by atoms with Crippen molar-refractivity contribution in [3.63, 3.8) is 0 Å². The van der Waals surface area contributed by atoms with Gasteiger partial charge in [0.05, 0.1) is 21.8 Å². The molecule has 0 fully saturated rings. The first-order valence-corrected chi connectivity index (χ1v) is 17.4. The van der Waals surface area contributed by atoms with Gasteiger partial charge in [0.2, 0.25) is 0 Å². The Labute approximate surface area is 290 Å². The van der Waals surface area contributed by atoms with Crippen LogP contribution in [-0.2, 0) is 32.6 Å². The summed E-state index contributed by atoms with van der Waals surface area (Å²) in [6, 6.07) is 33.4. The lowest BCUT2D eigenvalue weighted by atomic mass is 10.0. The van der Waals surface area contributed by atoms with E-state index in [4.69, 9.17) is 0 Å². The molecule has 0 saturated carbocycles. The van der Waals surface area contributed by atoms with Crippen LogP contribution in [-0.4, -0.2) is 43.6 Å². The summed E-state index contributed by atoms with van der Waals surface area (Å²) in [6.45, 7) is 4.89. The predicted octanol–water partition coefficient (Wildman–Crippen LogP) is 4.79. The molecule has 0 radical (unpaired) electrons. The zero-order chi connectivity index (χ0) is 34.7. The minimum absolute atomic E-state index is 0.243. The van der Waals surface area contributed by atoms with Crippen molar-refractivity contribution in [3.8, 4) is 0 Å². The van der Waals surface area contributed by atoms with E-state index in [1.165, 1.54) is 21.3 Å². The van der Waals surface area contributed by atoms with Gasteiger partial charge >= 0.3 is 11.4 Å². The highest BCUT2D eigenvalue weighted by Gasteiger charge is 2.11. The second-order valence-corrected chi connectivity index (χ2v) is 12.8. The molecule has 0 atom stereocenters. The molecule has 0 saturated heterocycles. The fourth-order valence-corrected chi connectivity index (χ4v) is 6.58. The van der Waals surface area contributed by atoms with Crippen LogP contribution in [0.25, 0.3) is 21.8 Å². The Morgan fingerprint density at radius 1 is 0.600 bits per heavy atom. The van der Waals surface area contributed by atoms with Crippen LogP contribution in [0, 0.1) is 0 Å². The topological polar surface area (TPSA) is 125 Å². The van der Waals surface area contributed by atoms with Gasteiger partial charge in [-0.2, -0.15) is 0 Å². The summed E-state index contributed by atoms with van der Waals surface area (Å²) in [7, 11) is 0. The average Bonchev–Trinajstić information content (AvgIpc) is 3.13. The van der Waals surface area contributed by atoms with Crippen molar-refractivity contribution in [3.05, 3.63) is 161 Å². The number of para-hydroxylation sites is 2. The third kappa shape index (κ3) is 8.82. The average molecular weight is 673 g/mol. The van der Waals surface area contributed by atoms with Gasteiger partial charge in [0, 0.05) is 32.7 Å². The molecule has 3 N–H and O–H groups in total. The molecule has 50 heavy (non-hydrogen) atoms. The van der Waals surface area contributed by atoms with Crippen LogP contribution >= 0.6 is 0 Å². The van der Waals surface area contributed by atoms with Crippen molar-refractivity contribution in [2.75, 3.05) is 19.6 Å². The number of aromatic amines is 2.